The molecule has 1 fully saturated rings. The Morgan fingerprint density at radius 3 is 2.51 bits per heavy atom. The van der Waals surface area contributed by atoms with Crippen LogP contribution in [0.15, 0.2) is 78.0 Å². The van der Waals surface area contributed by atoms with Crippen LogP contribution >= 0.6 is 0 Å². The molecule has 3 aromatic carbocycles. The number of piperidine rings is 1. The molecule has 192 valence electrons. The predicted molar refractivity (Wildman–Crippen MR) is 139 cm³/mol. The minimum absolute atomic E-state index is 0.0673. The van der Waals surface area contributed by atoms with Crippen LogP contribution in [0.25, 0.3) is 0 Å². The first-order valence-corrected chi connectivity index (χ1v) is 12.7. The van der Waals surface area contributed by atoms with Crippen LogP contribution in [0.3, 0.4) is 0 Å². The molecule has 7 nitrogen and oxygen atoms in total. The summed E-state index contributed by atoms with van der Waals surface area (Å²) in [5, 5.41) is 15.9. The molecule has 8 heteroatoms. The van der Waals surface area contributed by atoms with Crippen molar-refractivity contribution in [1.29, 1.82) is 0 Å². The van der Waals surface area contributed by atoms with Gasteiger partial charge >= 0.3 is 5.69 Å². The predicted octanol–water partition coefficient (Wildman–Crippen LogP) is 6.09. The molecule has 1 unspecified atom stereocenters. The summed E-state index contributed by atoms with van der Waals surface area (Å²) >= 11 is 0. The number of nitro groups is 1. The zero-order valence-electron chi connectivity index (χ0n) is 20.6. The van der Waals surface area contributed by atoms with Gasteiger partial charge in [0.25, 0.3) is 0 Å². The van der Waals surface area contributed by atoms with E-state index in [4.69, 9.17) is 9.57 Å². The van der Waals surface area contributed by atoms with Gasteiger partial charge in [0.05, 0.1) is 10.6 Å². The van der Waals surface area contributed by atoms with Gasteiger partial charge in [-0.05, 0) is 79.2 Å². The lowest BCUT2D eigenvalue weighted by Gasteiger charge is -2.31. The van der Waals surface area contributed by atoms with E-state index in [1.807, 2.05) is 42.5 Å². The Kier molecular flexibility index (Phi) is 7.75. The van der Waals surface area contributed by atoms with Crippen LogP contribution in [-0.4, -0.2) is 35.2 Å². The van der Waals surface area contributed by atoms with E-state index in [1.54, 1.807) is 12.1 Å². The third-order valence-corrected chi connectivity index (χ3v) is 7.07. The van der Waals surface area contributed by atoms with Gasteiger partial charge < -0.3 is 9.57 Å². The number of hydrogen-bond donors (Lipinski definition) is 0. The molecule has 1 saturated heterocycles. The van der Waals surface area contributed by atoms with E-state index in [0.29, 0.717) is 12.3 Å². The quantitative estimate of drug-likeness (QED) is 0.261. The van der Waals surface area contributed by atoms with Crippen molar-refractivity contribution in [3.05, 3.63) is 105 Å². The summed E-state index contributed by atoms with van der Waals surface area (Å²) in [6.07, 6.45) is 3.53. The number of ether oxygens (including phenoxy) is 1. The van der Waals surface area contributed by atoms with Gasteiger partial charge in [0.15, 0.2) is 11.9 Å². The molecule has 2 aliphatic rings. The second-order valence-corrected chi connectivity index (χ2v) is 9.76. The Bertz CT molecular complexity index is 1240. The van der Waals surface area contributed by atoms with Crippen molar-refractivity contribution in [2.75, 3.05) is 19.6 Å². The summed E-state index contributed by atoms with van der Waals surface area (Å²) in [5.41, 5.74) is 3.85. The van der Waals surface area contributed by atoms with Crippen LogP contribution in [0.1, 0.15) is 42.1 Å². The highest BCUT2D eigenvalue weighted by molar-refractivity contribution is 5.87. The monoisotopic (exact) mass is 503 g/mol. The Balaban J connectivity index is 1.14. The Morgan fingerprint density at radius 1 is 1.03 bits per heavy atom. The lowest BCUT2D eigenvalue weighted by molar-refractivity contribution is -0.386. The highest BCUT2D eigenvalue weighted by atomic mass is 19.1. The zero-order valence-corrected chi connectivity index (χ0v) is 20.6. The molecule has 0 aromatic heterocycles. The van der Waals surface area contributed by atoms with E-state index in [-0.39, 0.29) is 30.0 Å². The number of nitro benzene ring substituents is 1. The normalized spacial score (nSPS) is 18.3. The van der Waals surface area contributed by atoms with Crippen LogP contribution < -0.4 is 4.74 Å². The molecule has 3 aromatic rings. The Hall–Kier alpha value is -3.78. The third kappa shape index (κ3) is 6.51. The summed E-state index contributed by atoms with van der Waals surface area (Å²) in [6.45, 7) is 2.98. The summed E-state index contributed by atoms with van der Waals surface area (Å²) in [7, 11) is 0. The van der Waals surface area contributed by atoms with Crippen molar-refractivity contribution in [1.82, 2.24) is 4.90 Å². The third-order valence-electron chi connectivity index (χ3n) is 7.07. The summed E-state index contributed by atoms with van der Waals surface area (Å²) in [6, 6.07) is 21.3. The first-order chi connectivity index (χ1) is 18.0. The molecule has 0 bridgehead atoms. The van der Waals surface area contributed by atoms with Crippen LogP contribution in [-0.2, 0) is 17.9 Å². The van der Waals surface area contributed by atoms with Crippen molar-refractivity contribution >= 4 is 11.4 Å². The maximum absolute atomic E-state index is 13.2. The molecule has 0 radical (unpaired) electrons. The highest BCUT2D eigenvalue weighted by Gasteiger charge is 2.28. The fourth-order valence-electron chi connectivity index (χ4n) is 4.99. The largest absolute Gasteiger partial charge is 0.482 e. The topological polar surface area (TPSA) is 77.2 Å². The molecule has 37 heavy (non-hydrogen) atoms. The molecule has 2 aliphatic heterocycles. The number of rotatable bonds is 9. The number of nitrogens with zero attached hydrogens (tertiary/aromatic N) is 3. The molecule has 0 spiro atoms. The van der Waals surface area contributed by atoms with Crippen LogP contribution in [0.2, 0.25) is 0 Å². The Labute approximate surface area is 215 Å². The number of benzene rings is 3. The maximum atomic E-state index is 13.2. The number of halogens is 1. The van der Waals surface area contributed by atoms with E-state index >= 15 is 0 Å². The first-order valence-electron chi connectivity index (χ1n) is 12.7. The average molecular weight is 504 g/mol. The minimum atomic E-state index is -0.429. The van der Waals surface area contributed by atoms with Crippen LogP contribution in [0.4, 0.5) is 10.1 Å². The highest BCUT2D eigenvalue weighted by Crippen LogP contribution is 2.35. The van der Waals surface area contributed by atoms with E-state index in [9.17, 15) is 14.5 Å². The first kappa shape index (κ1) is 24.9. The van der Waals surface area contributed by atoms with Crippen LogP contribution in [0, 0.1) is 21.8 Å². The number of likely N-dealkylation sites (tertiary alicyclic amines) is 1. The van der Waals surface area contributed by atoms with Crippen molar-refractivity contribution in [3.8, 4) is 5.75 Å². The lowest BCUT2D eigenvalue weighted by atomic mass is 9.90. The molecule has 0 aliphatic carbocycles. The summed E-state index contributed by atoms with van der Waals surface area (Å²) in [5.74, 6) is 0.637. The lowest BCUT2D eigenvalue weighted by Crippen LogP contribution is -2.37. The number of oxime groups is 1. The van der Waals surface area contributed by atoms with Crippen molar-refractivity contribution in [2.24, 2.45) is 11.1 Å². The van der Waals surface area contributed by atoms with E-state index in [1.165, 1.54) is 23.8 Å². The summed E-state index contributed by atoms with van der Waals surface area (Å²) < 4.78 is 19.0. The van der Waals surface area contributed by atoms with Crippen molar-refractivity contribution in [3.63, 3.8) is 0 Å². The fourth-order valence-corrected chi connectivity index (χ4v) is 4.99. The van der Waals surface area contributed by atoms with Gasteiger partial charge in [-0.15, -0.1) is 0 Å². The van der Waals surface area contributed by atoms with Crippen LogP contribution in [0.5, 0.6) is 5.75 Å². The van der Waals surface area contributed by atoms with Gasteiger partial charge in [-0.25, -0.2) is 4.39 Å². The molecule has 2 heterocycles. The van der Waals surface area contributed by atoms with Gasteiger partial charge in [0, 0.05) is 19.0 Å². The zero-order chi connectivity index (χ0) is 25.6. The van der Waals surface area contributed by atoms with E-state index in [0.717, 1.165) is 55.7 Å². The van der Waals surface area contributed by atoms with Crippen molar-refractivity contribution in [2.45, 2.75) is 38.4 Å². The van der Waals surface area contributed by atoms with Gasteiger partial charge in [0.2, 0.25) is 0 Å². The summed E-state index contributed by atoms with van der Waals surface area (Å²) in [4.78, 5) is 19.2. The smallest absolute Gasteiger partial charge is 0.310 e. The molecule has 0 saturated carbocycles. The molecule has 1 atom stereocenters. The number of hydrogen-bond acceptors (Lipinski definition) is 6. The van der Waals surface area contributed by atoms with Gasteiger partial charge in [-0.1, -0.05) is 47.6 Å². The molecular formula is C29H30FN3O4. The molecule has 0 amide bonds. The van der Waals surface area contributed by atoms with Gasteiger partial charge in [-0.3, -0.25) is 15.0 Å². The van der Waals surface area contributed by atoms with Gasteiger partial charge in [0.1, 0.15) is 12.4 Å². The molecule has 0 N–H and O–H groups in total. The Morgan fingerprint density at radius 2 is 1.78 bits per heavy atom. The molecule has 5 rings (SSSR count). The minimum Gasteiger partial charge on any atom is -0.482 e. The SMILES string of the molecule is O=[N+]([O-])c1ccc(C2CC(CN3CCC(Cc4ccc(F)cc4)CC3)=NO2)cc1OCc1ccccc1. The standard InChI is InChI=1S/C29H30FN3O4/c30-25-9-6-21(7-10-25)16-22-12-14-32(15-13-22)19-26-18-28(37-31-26)24-8-11-27(33(34)35)29(17-24)36-20-23-4-2-1-3-5-23/h1-11,17,22,28H,12-16,18-20H2. The second-order valence-electron chi connectivity index (χ2n) is 9.76. The van der Waals surface area contributed by atoms with E-state index in [2.05, 4.69) is 10.1 Å². The second kappa shape index (κ2) is 11.5. The average Bonchev–Trinajstić information content (AvgIpc) is 3.39. The fraction of sp³-hybridized carbons (Fsp3) is 0.345. The van der Waals surface area contributed by atoms with E-state index < -0.39 is 4.92 Å². The molecular weight excluding hydrogens is 473 g/mol. The van der Waals surface area contributed by atoms with Crippen molar-refractivity contribution < 1.29 is 18.9 Å². The van der Waals surface area contributed by atoms with Gasteiger partial charge in [-0.2, -0.15) is 0 Å². The maximum Gasteiger partial charge on any atom is 0.310 e.